The van der Waals surface area contributed by atoms with Crippen molar-refractivity contribution in [2.24, 2.45) is 5.73 Å². The molecule has 0 aliphatic rings. The molecule has 0 saturated carbocycles. The number of nitrogens with two attached hydrogens (primary N) is 1. The molecule has 0 spiro atoms. The first-order valence-corrected chi connectivity index (χ1v) is 3.86. The van der Waals surface area contributed by atoms with Gasteiger partial charge in [-0.15, -0.1) is 12.4 Å². The third kappa shape index (κ3) is 2.63. The molecule has 4 heteroatoms. The maximum Gasteiger partial charge on any atom is 0.129 e. The molecule has 1 heterocycles. The summed E-state index contributed by atoms with van der Waals surface area (Å²) in [5.74, 6) is 0. The molecule has 0 fully saturated rings. The predicted octanol–water partition coefficient (Wildman–Crippen LogP) is 2.48. The van der Waals surface area contributed by atoms with E-state index in [1.54, 1.807) is 6.20 Å². The van der Waals surface area contributed by atoms with Crippen molar-refractivity contribution >= 4 is 24.0 Å². The number of rotatable bonds is 1. The third-order valence-electron chi connectivity index (χ3n) is 1.61. The number of nitrogens with zero attached hydrogens (tertiary/aromatic N) is 1. The number of pyridine rings is 1. The molecule has 68 valence electrons. The van der Waals surface area contributed by atoms with E-state index in [1.165, 1.54) is 0 Å². The van der Waals surface area contributed by atoms with Crippen LogP contribution in [-0.2, 0) is 0 Å². The van der Waals surface area contributed by atoms with E-state index in [4.69, 9.17) is 17.3 Å². The standard InChI is InChI=1S/C8H11ClN2.ClH/c1-5-3-8(9)11-4-7(5)6(2)10;/h3-4,6H,10H2,1-2H3;1H. The van der Waals surface area contributed by atoms with Crippen LogP contribution in [0.2, 0.25) is 5.15 Å². The quantitative estimate of drug-likeness (QED) is 0.718. The summed E-state index contributed by atoms with van der Waals surface area (Å²) in [7, 11) is 0. The number of hydrogen-bond acceptors (Lipinski definition) is 2. The van der Waals surface area contributed by atoms with E-state index in [0.29, 0.717) is 5.15 Å². The van der Waals surface area contributed by atoms with Gasteiger partial charge in [-0.2, -0.15) is 0 Å². The van der Waals surface area contributed by atoms with Crippen molar-refractivity contribution in [3.8, 4) is 0 Å². The van der Waals surface area contributed by atoms with Crippen LogP contribution in [-0.4, -0.2) is 4.98 Å². The molecule has 0 aromatic carbocycles. The zero-order chi connectivity index (χ0) is 8.43. The summed E-state index contributed by atoms with van der Waals surface area (Å²) in [5.41, 5.74) is 7.83. The zero-order valence-electron chi connectivity index (χ0n) is 7.04. The number of aromatic nitrogens is 1. The first-order chi connectivity index (χ1) is 5.11. The maximum absolute atomic E-state index is 5.68. The van der Waals surface area contributed by atoms with Crippen LogP contribution in [0.4, 0.5) is 0 Å². The highest BCUT2D eigenvalue weighted by Crippen LogP contribution is 2.16. The van der Waals surface area contributed by atoms with Crippen molar-refractivity contribution in [2.45, 2.75) is 19.9 Å². The van der Waals surface area contributed by atoms with Crippen molar-refractivity contribution in [1.82, 2.24) is 4.98 Å². The molecule has 0 aliphatic carbocycles. The maximum atomic E-state index is 5.68. The van der Waals surface area contributed by atoms with E-state index in [0.717, 1.165) is 11.1 Å². The highest BCUT2D eigenvalue weighted by molar-refractivity contribution is 6.29. The summed E-state index contributed by atoms with van der Waals surface area (Å²) < 4.78 is 0. The zero-order valence-corrected chi connectivity index (χ0v) is 8.62. The molecule has 2 nitrogen and oxygen atoms in total. The third-order valence-corrected chi connectivity index (χ3v) is 1.82. The summed E-state index contributed by atoms with van der Waals surface area (Å²) in [6, 6.07) is 1.85. The Balaban J connectivity index is 0.00000121. The van der Waals surface area contributed by atoms with Gasteiger partial charge in [0.15, 0.2) is 0 Å². The van der Waals surface area contributed by atoms with Gasteiger partial charge in [0.2, 0.25) is 0 Å². The number of hydrogen-bond donors (Lipinski definition) is 1. The summed E-state index contributed by atoms with van der Waals surface area (Å²) in [6.45, 7) is 3.91. The van der Waals surface area contributed by atoms with Gasteiger partial charge in [-0.1, -0.05) is 11.6 Å². The van der Waals surface area contributed by atoms with Gasteiger partial charge in [0, 0.05) is 12.2 Å². The van der Waals surface area contributed by atoms with Crippen LogP contribution in [0.3, 0.4) is 0 Å². The molecule has 2 N–H and O–H groups in total. The molecule has 0 amide bonds. The molecular weight excluding hydrogens is 195 g/mol. The lowest BCUT2D eigenvalue weighted by Crippen LogP contribution is -2.07. The second kappa shape index (κ2) is 4.65. The van der Waals surface area contributed by atoms with E-state index in [9.17, 15) is 0 Å². The van der Waals surface area contributed by atoms with E-state index in [-0.39, 0.29) is 18.4 Å². The van der Waals surface area contributed by atoms with Gasteiger partial charge in [-0.3, -0.25) is 0 Å². The normalized spacial score (nSPS) is 12.0. The van der Waals surface area contributed by atoms with Gasteiger partial charge in [0.05, 0.1) is 0 Å². The Morgan fingerprint density at radius 2 is 2.17 bits per heavy atom. The van der Waals surface area contributed by atoms with Crippen molar-refractivity contribution in [3.05, 3.63) is 28.5 Å². The minimum absolute atomic E-state index is 0. The first-order valence-electron chi connectivity index (χ1n) is 3.49. The Kier molecular flexibility index (Phi) is 4.53. The molecule has 1 aromatic rings. The average Bonchev–Trinajstić information content (AvgIpc) is 1.85. The van der Waals surface area contributed by atoms with Crippen LogP contribution in [0.25, 0.3) is 0 Å². The molecule has 1 unspecified atom stereocenters. The molecule has 0 saturated heterocycles. The van der Waals surface area contributed by atoms with Crippen LogP contribution in [0, 0.1) is 6.92 Å². The van der Waals surface area contributed by atoms with Crippen LogP contribution in [0.5, 0.6) is 0 Å². The van der Waals surface area contributed by atoms with Gasteiger partial charge in [-0.25, -0.2) is 4.98 Å². The van der Waals surface area contributed by atoms with Gasteiger partial charge in [0.1, 0.15) is 5.15 Å². The highest BCUT2D eigenvalue weighted by Gasteiger charge is 2.03. The minimum Gasteiger partial charge on any atom is -0.324 e. The Morgan fingerprint density at radius 3 is 2.58 bits per heavy atom. The Morgan fingerprint density at radius 1 is 1.58 bits per heavy atom. The summed E-state index contributed by atoms with van der Waals surface area (Å²) in [4.78, 5) is 3.95. The molecule has 0 bridgehead atoms. The number of aryl methyl sites for hydroxylation is 1. The lowest BCUT2D eigenvalue weighted by Gasteiger charge is -2.07. The van der Waals surface area contributed by atoms with Crippen molar-refractivity contribution in [2.75, 3.05) is 0 Å². The van der Waals surface area contributed by atoms with Crippen LogP contribution < -0.4 is 5.73 Å². The van der Waals surface area contributed by atoms with Gasteiger partial charge in [0.25, 0.3) is 0 Å². The fraction of sp³-hybridized carbons (Fsp3) is 0.375. The number of halogens is 2. The van der Waals surface area contributed by atoms with Crippen molar-refractivity contribution in [1.29, 1.82) is 0 Å². The van der Waals surface area contributed by atoms with Gasteiger partial charge < -0.3 is 5.73 Å². The monoisotopic (exact) mass is 206 g/mol. The van der Waals surface area contributed by atoms with Gasteiger partial charge >= 0.3 is 0 Å². The molecule has 1 aromatic heterocycles. The average molecular weight is 207 g/mol. The lowest BCUT2D eigenvalue weighted by molar-refractivity contribution is 0.803. The second-order valence-electron chi connectivity index (χ2n) is 2.65. The molecule has 0 aliphatic heterocycles. The Hall–Kier alpha value is -0.310. The fourth-order valence-electron chi connectivity index (χ4n) is 1.01. The van der Waals surface area contributed by atoms with E-state index >= 15 is 0 Å². The summed E-state index contributed by atoms with van der Waals surface area (Å²) in [6.07, 6.45) is 1.72. The van der Waals surface area contributed by atoms with Crippen LogP contribution in [0.15, 0.2) is 12.3 Å². The Labute approximate surface area is 83.5 Å². The minimum atomic E-state index is 0. The Bertz CT molecular complexity index is 261. The van der Waals surface area contributed by atoms with Gasteiger partial charge in [-0.05, 0) is 31.0 Å². The summed E-state index contributed by atoms with van der Waals surface area (Å²) >= 11 is 5.67. The highest BCUT2D eigenvalue weighted by atomic mass is 35.5. The fourth-order valence-corrected chi connectivity index (χ4v) is 1.22. The van der Waals surface area contributed by atoms with E-state index in [2.05, 4.69) is 4.98 Å². The topological polar surface area (TPSA) is 38.9 Å². The summed E-state index contributed by atoms with van der Waals surface area (Å²) in [5, 5.41) is 0.520. The largest absolute Gasteiger partial charge is 0.324 e. The molecular formula is C8H12Cl2N2. The van der Waals surface area contributed by atoms with Crippen LogP contribution >= 0.6 is 24.0 Å². The predicted molar refractivity (Wildman–Crippen MR) is 53.8 cm³/mol. The first kappa shape index (κ1) is 11.7. The van der Waals surface area contributed by atoms with E-state index < -0.39 is 0 Å². The SMILES string of the molecule is Cc1cc(Cl)ncc1C(C)N.Cl. The van der Waals surface area contributed by atoms with E-state index in [1.807, 2.05) is 19.9 Å². The van der Waals surface area contributed by atoms with Crippen LogP contribution in [0.1, 0.15) is 24.1 Å². The van der Waals surface area contributed by atoms with Crippen molar-refractivity contribution < 1.29 is 0 Å². The molecule has 1 rings (SSSR count). The van der Waals surface area contributed by atoms with Crippen molar-refractivity contribution in [3.63, 3.8) is 0 Å². The smallest absolute Gasteiger partial charge is 0.129 e. The second-order valence-corrected chi connectivity index (χ2v) is 3.04. The molecule has 1 atom stereocenters. The molecule has 0 radical (unpaired) electrons. The lowest BCUT2D eigenvalue weighted by atomic mass is 10.1. The molecule has 12 heavy (non-hydrogen) atoms.